The van der Waals surface area contributed by atoms with Crippen LogP contribution in [0.3, 0.4) is 0 Å². The van der Waals surface area contributed by atoms with E-state index < -0.39 is 6.36 Å². The molecule has 2 aromatic rings. The van der Waals surface area contributed by atoms with E-state index in [0.29, 0.717) is 43.4 Å². The third kappa shape index (κ3) is 3.21. The summed E-state index contributed by atoms with van der Waals surface area (Å²) in [6.07, 6.45) is -1.28. The molecule has 6 nitrogen and oxygen atoms in total. The van der Waals surface area contributed by atoms with Crippen molar-refractivity contribution in [2.24, 2.45) is 5.92 Å². The molecule has 0 N–H and O–H groups in total. The van der Waals surface area contributed by atoms with Crippen molar-refractivity contribution < 1.29 is 23.0 Å². The maximum atomic E-state index is 13.2. The average Bonchev–Trinajstić information content (AvgIpc) is 3.02. The van der Waals surface area contributed by atoms with E-state index in [9.17, 15) is 13.6 Å². The lowest BCUT2D eigenvalue weighted by molar-refractivity contribution is -0.191. The van der Waals surface area contributed by atoms with Crippen LogP contribution >= 0.6 is 0 Å². The van der Waals surface area contributed by atoms with Crippen LogP contribution in [0.1, 0.15) is 16.2 Å². The second-order valence-electron chi connectivity index (χ2n) is 6.19. The van der Waals surface area contributed by atoms with Gasteiger partial charge in [0.15, 0.2) is 0 Å². The number of hydrogen-bond donors (Lipinski definition) is 0. The Morgan fingerprint density at radius 2 is 2.20 bits per heavy atom. The van der Waals surface area contributed by atoms with Crippen LogP contribution in [-0.4, -0.2) is 46.6 Å². The summed E-state index contributed by atoms with van der Waals surface area (Å²) in [5.74, 6) is -0.402. The Labute approximate surface area is 142 Å². The topological polar surface area (TPSA) is 56.6 Å². The number of carbonyl (C=O) groups excluding carboxylic acids is 1. The molecule has 3 heterocycles. The molecule has 1 aromatic heterocycles. The lowest BCUT2D eigenvalue weighted by atomic mass is 10.1. The lowest BCUT2D eigenvalue weighted by Crippen LogP contribution is -2.49. The number of nitrogens with zero attached hydrogens (tertiary/aromatic N) is 3. The first-order valence-electron chi connectivity index (χ1n) is 8.10. The van der Waals surface area contributed by atoms with Crippen molar-refractivity contribution in [3.05, 3.63) is 47.5 Å². The first-order chi connectivity index (χ1) is 12.1. The van der Waals surface area contributed by atoms with Gasteiger partial charge in [-0.15, -0.1) is 0 Å². The van der Waals surface area contributed by atoms with Crippen LogP contribution in [0.5, 0.6) is 5.75 Å². The molecule has 1 amide bonds. The molecule has 0 radical (unpaired) electrons. The van der Waals surface area contributed by atoms with Crippen molar-refractivity contribution in [1.29, 1.82) is 0 Å². The van der Waals surface area contributed by atoms with Gasteiger partial charge in [-0.2, -0.15) is 5.10 Å². The summed E-state index contributed by atoms with van der Waals surface area (Å²) in [6, 6.07) is 7.51. The van der Waals surface area contributed by atoms with Gasteiger partial charge >= 0.3 is 0 Å². The van der Waals surface area contributed by atoms with E-state index in [1.165, 1.54) is 12.1 Å². The van der Waals surface area contributed by atoms with E-state index in [0.717, 1.165) is 0 Å². The Balaban J connectivity index is 1.42. The maximum absolute atomic E-state index is 13.2. The van der Waals surface area contributed by atoms with Gasteiger partial charge in [0.1, 0.15) is 29.6 Å². The number of amides is 1. The zero-order chi connectivity index (χ0) is 17.4. The molecule has 0 aliphatic carbocycles. The summed E-state index contributed by atoms with van der Waals surface area (Å²) in [5.41, 5.74) is 1.05. The standard InChI is InChI=1S/C17H17F2N3O3/c18-12-2-1-3-14(6-12)24-10-13-7-15-17(23)21(4-5-22(15)20-13)8-11-9-25-16(11)19/h1-3,6-7,11,16H,4-5,8-10H2/t11-,16?/m0/s1. The third-order valence-corrected chi connectivity index (χ3v) is 4.40. The first-order valence-corrected chi connectivity index (χ1v) is 8.10. The number of alkyl halides is 1. The van der Waals surface area contributed by atoms with Crippen molar-refractivity contribution in [1.82, 2.24) is 14.7 Å². The van der Waals surface area contributed by atoms with Crippen LogP contribution in [-0.2, 0) is 17.9 Å². The molecule has 1 aromatic carbocycles. The highest BCUT2D eigenvalue weighted by atomic mass is 19.1. The fourth-order valence-electron chi connectivity index (χ4n) is 2.97. The Kier molecular flexibility index (Phi) is 4.12. The quantitative estimate of drug-likeness (QED) is 0.829. The average molecular weight is 349 g/mol. The molecular weight excluding hydrogens is 332 g/mol. The van der Waals surface area contributed by atoms with Crippen LogP contribution in [0.2, 0.25) is 0 Å². The van der Waals surface area contributed by atoms with Crippen LogP contribution in [0.25, 0.3) is 0 Å². The molecular formula is C17H17F2N3O3. The van der Waals surface area contributed by atoms with Gasteiger partial charge in [-0.3, -0.25) is 9.48 Å². The number of halogens is 2. The Bertz CT molecular complexity index is 795. The highest BCUT2D eigenvalue weighted by Crippen LogP contribution is 2.24. The smallest absolute Gasteiger partial charge is 0.272 e. The Morgan fingerprint density at radius 1 is 1.32 bits per heavy atom. The number of fused-ring (bicyclic) bond motifs is 1. The molecule has 0 bridgehead atoms. The summed E-state index contributed by atoms with van der Waals surface area (Å²) < 4.78 is 38.2. The minimum absolute atomic E-state index is 0.139. The molecule has 0 spiro atoms. The molecule has 2 aliphatic rings. The lowest BCUT2D eigenvalue weighted by Gasteiger charge is -2.36. The Hall–Kier alpha value is -2.48. The van der Waals surface area contributed by atoms with Gasteiger partial charge < -0.3 is 14.4 Å². The molecule has 4 rings (SSSR count). The maximum Gasteiger partial charge on any atom is 0.272 e. The van der Waals surface area contributed by atoms with E-state index >= 15 is 0 Å². The normalized spacial score (nSPS) is 22.5. The SMILES string of the molecule is O=C1c2cc(COc3cccc(F)c3)nn2CCN1C[C@H]1COC1F. The van der Waals surface area contributed by atoms with Gasteiger partial charge in [0.25, 0.3) is 5.91 Å². The van der Waals surface area contributed by atoms with Crippen LogP contribution in [0.4, 0.5) is 8.78 Å². The van der Waals surface area contributed by atoms with Gasteiger partial charge in [0.2, 0.25) is 6.36 Å². The summed E-state index contributed by atoms with van der Waals surface area (Å²) >= 11 is 0. The fourth-order valence-corrected chi connectivity index (χ4v) is 2.97. The molecule has 0 saturated carbocycles. The zero-order valence-corrected chi connectivity index (χ0v) is 13.4. The molecule has 25 heavy (non-hydrogen) atoms. The number of ether oxygens (including phenoxy) is 2. The number of aromatic nitrogens is 2. The van der Waals surface area contributed by atoms with E-state index in [2.05, 4.69) is 5.10 Å². The number of carbonyl (C=O) groups is 1. The molecule has 1 unspecified atom stereocenters. The van der Waals surface area contributed by atoms with Gasteiger partial charge in [-0.05, 0) is 18.2 Å². The highest BCUT2D eigenvalue weighted by Gasteiger charge is 2.36. The van der Waals surface area contributed by atoms with Crippen molar-refractivity contribution in [2.75, 3.05) is 19.7 Å². The zero-order valence-electron chi connectivity index (χ0n) is 13.4. The highest BCUT2D eigenvalue weighted by molar-refractivity contribution is 5.93. The second kappa shape index (κ2) is 6.44. The predicted molar refractivity (Wildman–Crippen MR) is 83.2 cm³/mol. The molecule has 8 heteroatoms. The van der Waals surface area contributed by atoms with E-state index in [-0.39, 0.29) is 24.2 Å². The Morgan fingerprint density at radius 3 is 2.92 bits per heavy atom. The van der Waals surface area contributed by atoms with Gasteiger partial charge in [0.05, 0.1) is 19.1 Å². The van der Waals surface area contributed by atoms with Crippen molar-refractivity contribution in [2.45, 2.75) is 19.5 Å². The third-order valence-electron chi connectivity index (χ3n) is 4.40. The predicted octanol–water partition coefficient (Wildman–Crippen LogP) is 2.00. The monoisotopic (exact) mass is 349 g/mol. The largest absolute Gasteiger partial charge is 0.487 e. The van der Waals surface area contributed by atoms with Crippen LogP contribution < -0.4 is 4.74 Å². The van der Waals surface area contributed by atoms with Crippen LogP contribution in [0, 0.1) is 11.7 Å². The van der Waals surface area contributed by atoms with E-state index in [1.54, 1.807) is 27.8 Å². The number of rotatable bonds is 5. The molecule has 1 fully saturated rings. The molecule has 1 saturated heterocycles. The molecule has 2 atom stereocenters. The number of benzene rings is 1. The van der Waals surface area contributed by atoms with Gasteiger partial charge in [-0.25, -0.2) is 8.78 Å². The van der Waals surface area contributed by atoms with Gasteiger partial charge in [-0.1, -0.05) is 6.07 Å². The van der Waals surface area contributed by atoms with E-state index in [4.69, 9.17) is 9.47 Å². The summed E-state index contributed by atoms with van der Waals surface area (Å²) in [4.78, 5) is 14.2. The first kappa shape index (κ1) is 16.0. The summed E-state index contributed by atoms with van der Waals surface area (Å²) in [7, 11) is 0. The van der Waals surface area contributed by atoms with E-state index in [1.807, 2.05) is 0 Å². The number of hydrogen-bond acceptors (Lipinski definition) is 4. The minimum atomic E-state index is -1.28. The fraction of sp³-hybridized carbons (Fsp3) is 0.412. The minimum Gasteiger partial charge on any atom is -0.487 e. The van der Waals surface area contributed by atoms with Crippen LogP contribution in [0.15, 0.2) is 30.3 Å². The molecule has 132 valence electrons. The van der Waals surface area contributed by atoms with Gasteiger partial charge in [0, 0.05) is 19.2 Å². The summed E-state index contributed by atoms with van der Waals surface area (Å²) in [5, 5.41) is 4.35. The van der Waals surface area contributed by atoms with Crippen molar-refractivity contribution >= 4 is 5.91 Å². The van der Waals surface area contributed by atoms with Crippen molar-refractivity contribution in [3.8, 4) is 5.75 Å². The molecule has 2 aliphatic heterocycles. The van der Waals surface area contributed by atoms with Crippen molar-refractivity contribution in [3.63, 3.8) is 0 Å². The summed E-state index contributed by atoms with van der Waals surface area (Å²) in [6.45, 7) is 1.86. The second-order valence-corrected chi connectivity index (χ2v) is 6.19.